The molecule has 108 valence electrons. The molecule has 0 aromatic heterocycles. The second kappa shape index (κ2) is 7.19. The Hall–Kier alpha value is -0.690. The number of sulfone groups is 1. The van der Waals surface area contributed by atoms with Crippen LogP contribution in [0.3, 0.4) is 0 Å². The van der Waals surface area contributed by atoms with Gasteiger partial charge in [0.15, 0.2) is 0 Å². The van der Waals surface area contributed by atoms with Gasteiger partial charge in [0.05, 0.1) is 0 Å². The van der Waals surface area contributed by atoms with Crippen molar-refractivity contribution >= 4 is 21.4 Å². The molecule has 0 aliphatic carbocycles. The van der Waals surface area contributed by atoms with Crippen molar-refractivity contribution in [2.24, 2.45) is 5.84 Å². The molecule has 7 heteroatoms. The van der Waals surface area contributed by atoms with Crippen LogP contribution in [0.5, 0.6) is 0 Å². The lowest BCUT2D eigenvalue weighted by atomic mass is 10.0. The molecule has 0 aliphatic rings. The van der Waals surface area contributed by atoms with Crippen molar-refractivity contribution in [3.05, 3.63) is 34.6 Å². The van der Waals surface area contributed by atoms with E-state index >= 15 is 0 Å². The number of halogens is 2. The molecule has 4 nitrogen and oxygen atoms in total. The summed E-state index contributed by atoms with van der Waals surface area (Å²) in [4.78, 5) is 0. The maximum Gasteiger partial charge on any atom is 0.147 e. The average molecular weight is 309 g/mol. The van der Waals surface area contributed by atoms with E-state index in [-0.39, 0.29) is 17.6 Å². The van der Waals surface area contributed by atoms with Crippen LogP contribution in [0.4, 0.5) is 4.39 Å². The van der Waals surface area contributed by atoms with Crippen LogP contribution in [0.1, 0.15) is 18.4 Å². The van der Waals surface area contributed by atoms with Crippen molar-refractivity contribution in [1.82, 2.24) is 5.43 Å². The maximum absolute atomic E-state index is 12.9. The van der Waals surface area contributed by atoms with E-state index in [0.29, 0.717) is 24.3 Å². The zero-order valence-corrected chi connectivity index (χ0v) is 12.3. The molecule has 1 atom stereocenters. The SMILES string of the molecule is CS(=O)(=O)CCCC(Cc1ccc(F)cc1Cl)NN. The highest BCUT2D eigenvalue weighted by molar-refractivity contribution is 7.90. The molecular weight excluding hydrogens is 291 g/mol. The summed E-state index contributed by atoms with van der Waals surface area (Å²) in [5.41, 5.74) is 3.41. The van der Waals surface area contributed by atoms with E-state index in [0.717, 1.165) is 5.56 Å². The highest BCUT2D eigenvalue weighted by atomic mass is 35.5. The molecule has 0 saturated carbocycles. The molecule has 0 saturated heterocycles. The molecule has 1 rings (SSSR count). The molecule has 1 unspecified atom stereocenters. The smallest absolute Gasteiger partial charge is 0.147 e. The Bertz CT molecular complexity index is 522. The number of nitrogens with one attached hydrogen (secondary N) is 1. The number of benzene rings is 1. The fourth-order valence-electron chi connectivity index (χ4n) is 1.79. The van der Waals surface area contributed by atoms with Gasteiger partial charge in [0, 0.05) is 23.1 Å². The summed E-state index contributed by atoms with van der Waals surface area (Å²) in [6.07, 6.45) is 2.86. The first-order chi connectivity index (χ1) is 8.81. The van der Waals surface area contributed by atoms with Gasteiger partial charge in [-0.15, -0.1) is 0 Å². The quantitative estimate of drug-likeness (QED) is 0.594. The third-order valence-corrected chi connectivity index (χ3v) is 4.17. The van der Waals surface area contributed by atoms with Gasteiger partial charge in [-0.1, -0.05) is 17.7 Å². The lowest BCUT2D eigenvalue weighted by molar-refractivity contribution is 0.484. The van der Waals surface area contributed by atoms with Crippen LogP contribution in [0.2, 0.25) is 5.02 Å². The Morgan fingerprint density at radius 1 is 1.47 bits per heavy atom. The Morgan fingerprint density at radius 2 is 2.16 bits per heavy atom. The number of rotatable bonds is 7. The topological polar surface area (TPSA) is 72.2 Å². The molecule has 0 radical (unpaired) electrons. The summed E-state index contributed by atoms with van der Waals surface area (Å²) in [6.45, 7) is 0. The summed E-state index contributed by atoms with van der Waals surface area (Å²) < 4.78 is 35.0. The second-order valence-corrected chi connectivity index (χ2v) is 7.24. The summed E-state index contributed by atoms with van der Waals surface area (Å²) in [7, 11) is -2.96. The summed E-state index contributed by atoms with van der Waals surface area (Å²) in [5, 5.41) is 0.350. The molecule has 1 aromatic rings. The monoisotopic (exact) mass is 308 g/mol. The van der Waals surface area contributed by atoms with Crippen LogP contribution >= 0.6 is 11.6 Å². The normalized spacial score (nSPS) is 13.5. The molecule has 0 spiro atoms. The number of nitrogens with two attached hydrogens (primary N) is 1. The lowest BCUT2D eigenvalue weighted by Crippen LogP contribution is -2.37. The molecule has 19 heavy (non-hydrogen) atoms. The molecule has 0 fully saturated rings. The predicted molar refractivity (Wildman–Crippen MR) is 75.2 cm³/mol. The highest BCUT2D eigenvalue weighted by Gasteiger charge is 2.12. The van der Waals surface area contributed by atoms with Crippen LogP contribution in [0.15, 0.2) is 18.2 Å². The minimum absolute atomic E-state index is 0.0929. The molecule has 0 aliphatic heterocycles. The minimum Gasteiger partial charge on any atom is -0.271 e. The lowest BCUT2D eigenvalue weighted by Gasteiger charge is -2.16. The summed E-state index contributed by atoms with van der Waals surface area (Å²) >= 11 is 5.93. The first-order valence-corrected chi connectivity index (χ1v) is 8.33. The number of hydrogen-bond acceptors (Lipinski definition) is 4. The average Bonchev–Trinajstić information content (AvgIpc) is 2.29. The Kier molecular flexibility index (Phi) is 6.19. The van der Waals surface area contributed by atoms with Crippen molar-refractivity contribution in [2.75, 3.05) is 12.0 Å². The van der Waals surface area contributed by atoms with Gasteiger partial charge >= 0.3 is 0 Å². The minimum atomic E-state index is -2.96. The van der Waals surface area contributed by atoms with E-state index in [1.54, 1.807) is 6.07 Å². The van der Waals surface area contributed by atoms with Crippen LogP contribution in [0, 0.1) is 5.82 Å². The molecule has 3 N–H and O–H groups in total. The van der Waals surface area contributed by atoms with Crippen LogP contribution in [-0.4, -0.2) is 26.5 Å². The maximum atomic E-state index is 12.9. The fraction of sp³-hybridized carbons (Fsp3) is 0.500. The standard InChI is InChI=1S/C12H18ClFN2O2S/c1-19(17,18)6-2-3-11(16-15)7-9-4-5-10(14)8-12(9)13/h4-5,8,11,16H,2-3,6-7,15H2,1H3. The zero-order valence-electron chi connectivity index (χ0n) is 10.7. The molecule has 0 bridgehead atoms. The van der Waals surface area contributed by atoms with Gasteiger partial charge in [-0.25, -0.2) is 12.8 Å². The summed E-state index contributed by atoms with van der Waals surface area (Å²) in [5.74, 6) is 5.18. The predicted octanol–water partition coefficient (Wildman–Crippen LogP) is 1.68. The van der Waals surface area contributed by atoms with Crippen molar-refractivity contribution < 1.29 is 12.8 Å². The van der Waals surface area contributed by atoms with E-state index in [2.05, 4.69) is 5.43 Å². The van der Waals surface area contributed by atoms with Gasteiger partial charge in [-0.05, 0) is 37.0 Å². The van der Waals surface area contributed by atoms with E-state index in [4.69, 9.17) is 17.4 Å². The van der Waals surface area contributed by atoms with Crippen molar-refractivity contribution in [3.63, 3.8) is 0 Å². The molecule has 0 amide bonds. The van der Waals surface area contributed by atoms with E-state index in [1.165, 1.54) is 18.4 Å². The van der Waals surface area contributed by atoms with E-state index in [9.17, 15) is 12.8 Å². The summed E-state index contributed by atoms with van der Waals surface area (Å²) in [6, 6.07) is 4.11. The van der Waals surface area contributed by atoms with Gasteiger partial charge in [-0.3, -0.25) is 11.3 Å². The Morgan fingerprint density at radius 3 is 2.68 bits per heavy atom. The van der Waals surface area contributed by atoms with E-state index < -0.39 is 9.84 Å². The van der Waals surface area contributed by atoms with Gasteiger partial charge in [0.25, 0.3) is 0 Å². The Balaban J connectivity index is 2.56. The van der Waals surface area contributed by atoms with Crippen LogP contribution in [-0.2, 0) is 16.3 Å². The highest BCUT2D eigenvalue weighted by Crippen LogP contribution is 2.19. The Labute approximate surface area is 118 Å². The molecule has 1 aromatic carbocycles. The van der Waals surface area contributed by atoms with Crippen LogP contribution < -0.4 is 11.3 Å². The van der Waals surface area contributed by atoms with Gasteiger partial charge in [0.1, 0.15) is 15.7 Å². The largest absolute Gasteiger partial charge is 0.271 e. The van der Waals surface area contributed by atoms with Crippen molar-refractivity contribution in [2.45, 2.75) is 25.3 Å². The third kappa shape index (κ3) is 6.33. The molecular formula is C12H18ClFN2O2S. The first-order valence-electron chi connectivity index (χ1n) is 5.89. The van der Waals surface area contributed by atoms with Gasteiger partial charge < -0.3 is 0 Å². The number of hydrogen-bond donors (Lipinski definition) is 2. The molecule has 0 heterocycles. The second-order valence-electron chi connectivity index (χ2n) is 4.58. The third-order valence-electron chi connectivity index (χ3n) is 2.78. The van der Waals surface area contributed by atoms with Gasteiger partial charge in [-0.2, -0.15) is 0 Å². The van der Waals surface area contributed by atoms with Crippen molar-refractivity contribution in [1.29, 1.82) is 0 Å². The first kappa shape index (κ1) is 16.4. The van der Waals surface area contributed by atoms with E-state index in [1.807, 2.05) is 0 Å². The van der Waals surface area contributed by atoms with Crippen molar-refractivity contribution in [3.8, 4) is 0 Å². The van der Waals surface area contributed by atoms with Crippen LogP contribution in [0.25, 0.3) is 0 Å². The zero-order chi connectivity index (χ0) is 14.5. The van der Waals surface area contributed by atoms with Gasteiger partial charge in [0.2, 0.25) is 0 Å². The number of hydrazine groups is 1. The fourth-order valence-corrected chi connectivity index (χ4v) is 2.72.